The molecule has 0 bridgehead atoms. The van der Waals surface area contributed by atoms with Crippen molar-refractivity contribution in [3.8, 4) is 23.0 Å². The standard InChI is InChI=1S/C20H20F3N3O4/c1-27-14-6-5-11(7-15(14)28-2)10-24-18-12-8-16(29-3)17(30-4)9-13(12)25-19(26-18)20(21,22)23/h5-9H,10H2,1-4H3,(H,24,25,26). The molecule has 0 fully saturated rings. The van der Waals surface area contributed by atoms with Gasteiger partial charge in [0.25, 0.3) is 0 Å². The van der Waals surface area contributed by atoms with Gasteiger partial charge in [-0.15, -0.1) is 0 Å². The van der Waals surface area contributed by atoms with E-state index in [0.717, 1.165) is 5.56 Å². The van der Waals surface area contributed by atoms with Crippen LogP contribution in [0.1, 0.15) is 11.4 Å². The Bertz CT molecular complexity index is 1060. The normalized spacial score (nSPS) is 11.3. The van der Waals surface area contributed by atoms with Gasteiger partial charge in [0.1, 0.15) is 5.82 Å². The minimum absolute atomic E-state index is 0.0167. The van der Waals surface area contributed by atoms with Crippen LogP contribution in [-0.4, -0.2) is 38.4 Å². The molecule has 0 saturated heterocycles. The predicted molar refractivity (Wildman–Crippen MR) is 105 cm³/mol. The molecular weight excluding hydrogens is 403 g/mol. The van der Waals surface area contributed by atoms with Gasteiger partial charge in [-0.3, -0.25) is 0 Å². The summed E-state index contributed by atoms with van der Waals surface area (Å²) >= 11 is 0. The third-order valence-corrected chi connectivity index (χ3v) is 4.36. The number of ether oxygens (including phenoxy) is 4. The molecule has 0 spiro atoms. The number of nitrogens with zero attached hydrogens (tertiary/aromatic N) is 2. The van der Waals surface area contributed by atoms with E-state index in [1.54, 1.807) is 18.2 Å². The fourth-order valence-corrected chi connectivity index (χ4v) is 2.89. The number of benzene rings is 2. The molecule has 0 atom stereocenters. The first-order valence-electron chi connectivity index (χ1n) is 8.76. The number of alkyl halides is 3. The molecule has 160 valence electrons. The first-order chi connectivity index (χ1) is 14.3. The van der Waals surface area contributed by atoms with Crippen molar-refractivity contribution in [2.45, 2.75) is 12.7 Å². The molecule has 1 heterocycles. The maximum absolute atomic E-state index is 13.3. The van der Waals surface area contributed by atoms with Gasteiger partial charge < -0.3 is 24.3 Å². The quantitative estimate of drug-likeness (QED) is 0.608. The van der Waals surface area contributed by atoms with Crippen LogP contribution in [0.3, 0.4) is 0 Å². The highest BCUT2D eigenvalue weighted by molar-refractivity contribution is 5.91. The van der Waals surface area contributed by atoms with Gasteiger partial charge in [-0.1, -0.05) is 6.07 Å². The third kappa shape index (κ3) is 4.27. The van der Waals surface area contributed by atoms with Crippen molar-refractivity contribution in [1.82, 2.24) is 9.97 Å². The van der Waals surface area contributed by atoms with Gasteiger partial charge in [0, 0.05) is 18.0 Å². The topological polar surface area (TPSA) is 74.7 Å². The number of hydrogen-bond acceptors (Lipinski definition) is 7. The maximum atomic E-state index is 13.3. The van der Waals surface area contributed by atoms with Crippen LogP contribution in [0.2, 0.25) is 0 Å². The molecule has 0 aliphatic heterocycles. The van der Waals surface area contributed by atoms with E-state index in [1.165, 1.54) is 40.6 Å². The number of methoxy groups -OCH3 is 4. The second-order valence-electron chi connectivity index (χ2n) is 6.16. The van der Waals surface area contributed by atoms with E-state index in [0.29, 0.717) is 22.6 Å². The third-order valence-electron chi connectivity index (χ3n) is 4.36. The van der Waals surface area contributed by atoms with Gasteiger partial charge in [-0.05, 0) is 23.8 Å². The summed E-state index contributed by atoms with van der Waals surface area (Å²) in [5.41, 5.74) is 0.832. The zero-order valence-electron chi connectivity index (χ0n) is 16.8. The minimum Gasteiger partial charge on any atom is -0.493 e. The molecule has 0 aliphatic rings. The Kier molecular flexibility index (Phi) is 6.04. The first kappa shape index (κ1) is 21.3. The van der Waals surface area contributed by atoms with E-state index in [1.807, 2.05) is 0 Å². The van der Waals surface area contributed by atoms with Crippen molar-refractivity contribution in [3.05, 3.63) is 41.7 Å². The average Bonchev–Trinajstić information content (AvgIpc) is 2.75. The number of nitrogens with one attached hydrogen (secondary N) is 1. The lowest BCUT2D eigenvalue weighted by Gasteiger charge is -2.15. The van der Waals surface area contributed by atoms with Gasteiger partial charge in [-0.25, -0.2) is 9.97 Å². The van der Waals surface area contributed by atoms with Crippen LogP contribution in [0.15, 0.2) is 30.3 Å². The van der Waals surface area contributed by atoms with Crippen molar-refractivity contribution < 1.29 is 32.1 Å². The van der Waals surface area contributed by atoms with E-state index in [-0.39, 0.29) is 23.6 Å². The Morgan fingerprint density at radius 2 is 1.40 bits per heavy atom. The molecule has 3 aromatic rings. The molecule has 1 aromatic heterocycles. The predicted octanol–water partition coefficient (Wildman–Crippen LogP) is 4.30. The van der Waals surface area contributed by atoms with Crippen LogP contribution < -0.4 is 24.3 Å². The molecule has 2 aromatic carbocycles. The summed E-state index contributed by atoms with van der Waals surface area (Å²) in [6.07, 6.45) is -4.71. The summed E-state index contributed by atoms with van der Waals surface area (Å²) in [5, 5.41) is 3.31. The molecule has 0 radical (unpaired) electrons. The summed E-state index contributed by atoms with van der Waals surface area (Å²) in [4.78, 5) is 7.34. The fraction of sp³-hybridized carbons (Fsp3) is 0.300. The van der Waals surface area contributed by atoms with Crippen LogP contribution in [-0.2, 0) is 12.7 Å². The zero-order chi connectivity index (χ0) is 21.9. The van der Waals surface area contributed by atoms with Gasteiger partial charge in [0.15, 0.2) is 23.0 Å². The molecule has 1 N–H and O–H groups in total. The number of halogens is 3. The van der Waals surface area contributed by atoms with Gasteiger partial charge >= 0.3 is 6.18 Å². The monoisotopic (exact) mass is 423 g/mol. The Balaban J connectivity index is 2.04. The van der Waals surface area contributed by atoms with Crippen molar-refractivity contribution in [3.63, 3.8) is 0 Å². The lowest BCUT2D eigenvalue weighted by Crippen LogP contribution is -2.14. The Morgan fingerprint density at radius 1 is 0.800 bits per heavy atom. The largest absolute Gasteiger partial charge is 0.493 e. The van der Waals surface area contributed by atoms with Gasteiger partial charge in [-0.2, -0.15) is 13.2 Å². The first-order valence-corrected chi connectivity index (χ1v) is 8.76. The van der Waals surface area contributed by atoms with Crippen molar-refractivity contribution >= 4 is 16.7 Å². The lowest BCUT2D eigenvalue weighted by molar-refractivity contribution is -0.144. The molecule has 7 nitrogen and oxygen atoms in total. The number of hydrogen-bond donors (Lipinski definition) is 1. The summed E-state index contributed by atoms with van der Waals surface area (Å²) in [7, 11) is 5.85. The number of fused-ring (bicyclic) bond motifs is 1. The molecule has 30 heavy (non-hydrogen) atoms. The molecule has 3 rings (SSSR count). The Labute approximate surface area is 170 Å². The van der Waals surface area contributed by atoms with Crippen LogP contribution in [0, 0.1) is 0 Å². The smallest absolute Gasteiger partial charge is 0.451 e. The summed E-state index contributed by atoms with van der Waals surface area (Å²) in [6, 6.07) is 8.12. The van der Waals surface area contributed by atoms with Crippen LogP contribution >= 0.6 is 0 Å². The molecular formula is C20H20F3N3O4. The highest BCUT2D eigenvalue weighted by atomic mass is 19.4. The highest BCUT2D eigenvalue weighted by Gasteiger charge is 2.35. The lowest BCUT2D eigenvalue weighted by atomic mass is 10.1. The fourth-order valence-electron chi connectivity index (χ4n) is 2.89. The SMILES string of the molecule is COc1ccc(CNc2nc(C(F)(F)F)nc3cc(OC)c(OC)cc23)cc1OC. The van der Waals surface area contributed by atoms with Crippen molar-refractivity contribution in [1.29, 1.82) is 0 Å². The zero-order valence-corrected chi connectivity index (χ0v) is 16.8. The van der Waals surface area contributed by atoms with Crippen LogP contribution in [0.4, 0.5) is 19.0 Å². The Morgan fingerprint density at radius 3 is 2.00 bits per heavy atom. The van der Waals surface area contributed by atoms with Gasteiger partial charge in [0.2, 0.25) is 5.82 Å². The van der Waals surface area contributed by atoms with E-state index in [2.05, 4.69) is 15.3 Å². The number of rotatable bonds is 7. The van der Waals surface area contributed by atoms with E-state index < -0.39 is 12.0 Å². The average molecular weight is 423 g/mol. The Hall–Kier alpha value is -3.43. The van der Waals surface area contributed by atoms with E-state index in [4.69, 9.17) is 18.9 Å². The number of anilines is 1. The molecule has 0 aliphatic carbocycles. The van der Waals surface area contributed by atoms with Crippen LogP contribution in [0.5, 0.6) is 23.0 Å². The number of aromatic nitrogens is 2. The van der Waals surface area contributed by atoms with Crippen LogP contribution in [0.25, 0.3) is 10.9 Å². The maximum Gasteiger partial charge on any atom is 0.451 e. The van der Waals surface area contributed by atoms with Crippen molar-refractivity contribution in [2.24, 2.45) is 0 Å². The summed E-state index contributed by atoms with van der Waals surface area (Å²) < 4.78 is 60.9. The molecule has 0 saturated carbocycles. The second kappa shape index (κ2) is 8.52. The van der Waals surface area contributed by atoms with E-state index in [9.17, 15) is 13.2 Å². The summed E-state index contributed by atoms with van der Waals surface area (Å²) in [5.74, 6) is 0.432. The van der Waals surface area contributed by atoms with E-state index >= 15 is 0 Å². The summed E-state index contributed by atoms with van der Waals surface area (Å²) in [6.45, 7) is 0.193. The van der Waals surface area contributed by atoms with Crippen molar-refractivity contribution in [2.75, 3.05) is 33.8 Å². The molecule has 0 amide bonds. The minimum atomic E-state index is -4.71. The van der Waals surface area contributed by atoms with Gasteiger partial charge in [0.05, 0.1) is 34.0 Å². The molecule has 0 unspecified atom stereocenters. The highest BCUT2D eigenvalue weighted by Crippen LogP contribution is 2.37. The molecule has 10 heteroatoms. The second-order valence-corrected chi connectivity index (χ2v) is 6.16.